The van der Waals surface area contributed by atoms with Gasteiger partial charge in [-0.2, -0.15) is 0 Å². The zero-order valence-electron chi connectivity index (χ0n) is 12.3. The van der Waals surface area contributed by atoms with E-state index in [9.17, 15) is 0 Å². The molecule has 0 unspecified atom stereocenters. The summed E-state index contributed by atoms with van der Waals surface area (Å²) in [5.74, 6) is 0.807. The number of fused-ring (bicyclic) bond motifs is 1. The molecule has 2 aliphatic rings. The smallest absolute Gasteiger partial charge is 0.321 e. The van der Waals surface area contributed by atoms with E-state index in [1.165, 1.54) is 16.8 Å². The van der Waals surface area contributed by atoms with Crippen molar-refractivity contribution < 1.29 is 4.74 Å². The van der Waals surface area contributed by atoms with Crippen molar-refractivity contribution in [1.29, 1.82) is 0 Å². The summed E-state index contributed by atoms with van der Waals surface area (Å²) in [5.41, 5.74) is 4.12. The molecular weight excluding hydrogens is 274 g/mol. The molecule has 22 heavy (non-hydrogen) atoms. The predicted molar refractivity (Wildman–Crippen MR) is 84.8 cm³/mol. The number of nitrogens with zero attached hydrogens (tertiary/aromatic N) is 3. The van der Waals surface area contributed by atoms with Gasteiger partial charge in [-0.25, -0.2) is 9.97 Å². The van der Waals surface area contributed by atoms with Gasteiger partial charge in [-0.15, -0.1) is 0 Å². The van der Waals surface area contributed by atoms with Crippen LogP contribution in [0.25, 0.3) is 0 Å². The summed E-state index contributed by atoms with van der Waals surface area (Å²) in [6.07, 6.45) is 11.9. The molecule has 0 fully saturated rings. The minimum Gasteiger partial charge on any atom is -0.424 e. The molecular formula is C18H17N3O. The summed E-state index contributed by atoms with van der Waals surface area (Å²) in [6.45, 7) is 2.12. The molecule has 2 heterocycles. The Kier molecular flexibility index (Phi) is 3.35. The first kappa shape index (κ1) is 13.1. The lowest BCUT2D eigenvalue weighted by atomic mass is 10.0. The van der Waals surface area contributed by atoms with Crippen molar-refractivity contribution in [2.45, 2.75) is 12.8 Å². The molecule has 0 N–H and O–H groups in total. The Morgan fingerprint density at radius 3 is 2.50 bits per heavy atom. The number of hydrogen-bond acceptors (Lipinski definition) is 4. The zero-order chi connectivity index (χ0) is 14.8. The first-order chi connectivity index (χ1) is 10.9. The maximum absolute atomic E-state index is 5.73. The first-order valence-electron chi connectivity index (χ1n) is 7.58. The standard InChI is InChI=1S/C18H17N3O/c1-3-16(4-1)21-11-7-14-5-6-17(13-15(14)8-12-21)22-18-19-9-2-10-20-18/h1-6,9-10,13H,7-8,11-12H2. The highest BCUT2D eigenvalue weighted by Gasteiger charge is 2.17. The average Bonchev–Trinajstić information content (AvgIpc) is 2.70. The van der Waals surface area contributed by atoms with Crippen LogP contribution in [-0.2, 0) is 12.8 Å². The van der Waals surface area contributed by atoms with Crippen LogP contribution in [0.3, 0.4) is 0 Å². The molecule has 0 saturated heterocycles. The summed E-state index contributed by atoms with van der Waals surface area (Å²) < 4.78 is 5.73. The maximum Gasteiger partial charge on any atom is 0.321 e. The van der Waals surface area contributed by atoms with E-state index in [1.807, 2.05) is 6.07 Å². The Balaban J connectivity index is 1.51. The van der Waals surface area contributed by atoms with Crippen molar-refractivity contribution in [3.05, 3.63) is 71.7 Å². The molecule has 0 bridgehead atoms. The monoisotopic (exact) mass is 291 g/mol. The molecule has 4 rings (SSSR count). The Morgan fingerprint density at radius 1 is 1.00 bits per heavy atom. The molecule has 0 radical (unpaired) electrons. The largest absolute Gasteiger partial charge is 0.424 e. The third kappa shape index (κ3) is 2.60. The van der Waals surface area contributed by atoms with Crippen LogP contribution >= 0.6 is 0 Å². The second-order valence-corrected chi connectivity index (χ2v) is 5.50. The van der Waals surface area contributed by atoms with Crippen LogP contribution in [-0.4, -0.2) is 28.0 Å². The molecule has 1 aliphatic heterocycles. The molecule has 1 aromatic carbocycles. The Bertz CT molecular complexity index is 737. The van der Waals surface area contributed by atoms with Gasteiger partial charge in [-0.1, -0.05) is 12.1 Å². The van der Waals surface area contributed by atoms with Gasteiger partial charge in [0.25, 0.3) is 0 Å². The lowest BCUT2D eigenvalue weighted by Gasteiger charge is -2.26. The third-order valence-corrected chi connectivity index (χ3v) is 4.13. The van der Waals surface area contributed by atoms with E-state index in [4.69, 9.17) is 4.74 Å². The van der Waals surface area contributed by atoms with Crippen LogP contribution in [0.15, 0.2) is 60.6 Å². The van der Waals surface area contributed by atoms with Crippen LogP contribution in [0, 0.1) is 0 Å². The number of benzene rings is 1. The molecule has 1 aromatic heterocycles. The normalized spacial score (nSPS) is 16.4. The van der Waals surface area contributed by atoms with E-state index in [2.05, 4.69) is 45.2 Å². The van der Waals surface area contributed by atoms with Gasteiger partial charge >= 0.3 is 6.01 Å². The molecule has 0 spiro atoms. The van der Waals surface area contributed by atoms with E-state index < -0.39 is 0 Å². The highest BCUT2D eigenvalue weighted by molar-refractivity contribution is 5.39. The fourth-order valence-electron chi connectivity index (χ4n) is 2.86. The molecule has 4 nitrogen and oxygen atoms in total. The van der Waals surface area contributed by atoms with Crippen molar-refractivity contribution in [3.63, 3.8) is 0 Å². The topological polar surface area (TPSA) is 38.2 Å². The van der Waals surface area contributed by atoms with Gasteiger partial charge in [0.2, 0.25) is 0 Å². The Morgan fingerprint density at radius 2 is 1.77 bits per heavy atom. The first-order valence-corrected chi connectivity index (χ1v) is 7.58. The molecule has 4 heteroatoms. The Labute approximate surface area is 129 Å². The van der Waals surface area contributed by atoms with Crippen LogP contribution in [0.1, 0.15) is 11.1 Å². The van der Waals surface area contributed by atoms with E-state index >= 15 is 0 Å². The van der Waals surface area contributed by atoms with Gasteiger partial charge in [0, 0.05) is 31.2 Å². The van der Waals surface area contributed by atoms with E-state index in [0.717, 1.165) is 31.7 Å². The number of aromatic nitrogens is 2. The van der Waals surface area contributed by atoms with Gasteiger partial charge in [0.05, 0.1) is 0 Å². The molecule has 0 atom stereocenters. The molecule has 0 amide bonds. The fraction of sp³-hybridized carbons (Fsp3) is 0.222. The average molecular weight is 291 g/mol. The van der Waals surface area contributed by atoms with Gasteiger partial charge in [0.15, 0.2) is 0 Å². The van der Waals surface area contributed by atoms with Crippen LogP contribution in [0.5, 0.6) is 11.8 Å². The fourth-order valence-corrected chi connectivity index (χ4v) is 2.86. The maximum atomic E-state index is 5.73. The van der Waals surface area contributed by atoms with Crippen molar-refractivity contribution in [3.8, 4) is 11.8 Å². The minimum absolute atomic E-state index is 0.391. The zero-order valence-corrected chi connectivity index (χ0v) is 12.3. The molecule has 110 valence electrons. The molecule has 2 aromatic rings. The number of allylic oxidation sites excluding steroid dienone is 3. The van der Waals surface area contributed by atoms with Crippen molar-refractivity contribution >= 4 is 0 Å². The van der Waals surface area contributed by atoms with Crippen molar-refractivity contribution in [2.24, 2.45) is 0 Å². The molecule has 0 saturated carbocycles. The summed E-state index contributed by atoms with van der Waals surface area (Å²) in [5, 5.41) is 0. The number of ether oxygens (including phenoxy) is 1. The van der Waals surface area contributed by atoms with Gasteiger partial charge < -0.3 is 9.64 Å². The lowest BCUT2D eigenvalue weighted by Crippen LogP contribution is -2.26. The highest BCUT2D eigenvalue weighted by Crippen LogP contribution is 2.26. The quantitative estimate of drug-likeness (QED) is 0.871. The third-order valence-electron chi connectivity index (χ3n) is 4.13. The van der Waals surface area contributed by atoms with Crippen LogP contribution in [0.2, 0.25) is 0 Å². The van der Waals surface area contributed by atoms with Gasteiger partial charge in [-0.05, 0) is 54.3 Å². The predicted octanol–water partition coefficient (Wildman–Crippen LogP) is 3.12. The summed E-state index contributed by atoms with van der Waals surface area (Å²) in [4.78, 5) is 10.6. The van der Waals surface area contributed by atoms with Crippen molar-refractivity contribution in [1.82, 2.24) is 14.9 Å². The van der Waals surface area contributed by atoms with E-state index in [0.29, 0.717) is 6.01 Å². The second kappa shape index (κ2) is 5.64. The SMILES string of the molecule is C1=CC(N2CCc3ccc(Oc4ncccn4)cc3CC2)=C1. The number of rotatable bonds is 3. The van der Waals surface area contributed by atoms with Crippen molar-refractivity contribution in [2.75, 3.05) is 13.1 Å². The van der Waals surface area contributed by atoms with E-state index in [1.54, 1.807) is 18.5 Å². The number of hydrogen-bond donors (Lipinski definition) is 0. The second-order valence-electron chi connectivity index (χ2n) is 5.50. The highest BCUT2D eigenvalue weighted by atomic mass is 16.5. The summed E-state index contributed by atoms with van der Waals surface area (Å²) >= 11 is 0. The van der Waals surface area contributed by atoms with Crippen LogP contribution in [0.4, 0.5) is 0 Å². The molecule has 1 aliphatic carbocycles. The minimum atomic E-state index is 0.391. The lowest BCUT2D eigenvalue weighted by molar-refractivity contribution is 0.369. The van der Waals surface area contributed by atoms with Gasteiger partial charge in [-0.3, -0.25) is 0 Å². The summed E-state index contributed by atoms with van der Waals surface area (Å²) in [7, 11) is 0. The summed E-state index contributed by atoms with van der Waals surface area (Å²) in [6, 6.07) is 8.47. The Hall–Kier alpha value is -2.62. The van der Waals surface area contributed by atoms with Gasteiger partial charge in [0.1, 0.15) is 5.75 Å². The van der Waals surface area contributed by atoms with E-state index in [-0.39, 0.29) is 0 Å². The van der Waals surface area contributed by atoms with Crippen LogP contribution < -0.4 is 4.74 Å².